The summed E-state index contributed by atoms with van der Waals surface area (Å²) in [5.74, 6) is -0.137. The Morgan fingerprint density at radius 3 is 2.67 bits per heavy atom. The van der Waals surface area contributed by atoms with E-state index in [1.54, 1.807) is 29.5 Å². The molecule has 0 atom stereocenters. The second kappa shape index (κ2) is 8.05. The number of benzene rings is 2. The number of aryl methyl sites for hydroxylation is 1. The van der Waals surface area contributed by atoms with Gasteiger partial charge in [-0.2, -0.15) is 0 Å². The van der Waals surface area contributed by atoms with E-state index >= 15 is 0 Å². The number of anilines is 1. The topological polar surface area (TPSA) is 86.8 Å². The number of methoxy groups -OCH3 is 2. The lowest BCUT2D eigenvalue weighted by molar-refractivity contribution is -0.142. The molecule has 0 aliphatic heterocycles. The molecule has 140 valence electrons. The van der Waals surface area contributed by atoms with Gasteiger partial charge in [0.1, 0.15) is 0 Å². The van der Waals surface area contributed by atoms with E-state index in [2.05, 4.69) is 15.0 Å². The van der Waals surface area contributed by atoms with Crippen LogP contribution in [0.1, 0.15) is 15.4 Å². The number of fused-ring (bicyclic) bond motifs is 1. The third kappa shape index (κ3) is 4.35. The lowest BCUT2D eigenvalue weighted by Gasteiger charge is -2.12. The summed E-state index contributed by atoms with van der Waals surface area (Å²) in [6.07, 6.45) is 0. The zero-order chi connectivity index (χ0) is 19.4. The minimum Gasteiger partial charge on any atom is -0.493 e. The molecule has 3 rings (SSSR count). The van der Waals surface area contributed by atoms with Gasteiger partial charge in [-0.05, 0) is 43.3 Å². The molecule has 0 aliphatic carbocycles. The Hall–Kier alpha value is -3.13. The van der Waals surface area contributed by atoms with Gasteiger partial charge in [-0.3, -0.25) is 4.79 Å². The molecule has 0 fully saturated rings. The summed E-state index contributed by atoms with van der Waals surface area (Å²) in [4.78, 5) is 28.3. The summed E-state index contributed by atoms with van der Waals surface area (Å²) >= 11 is 1.57. The van der Waals surface area contributed by atoms with Crippen LogP contribution in [0.25, 0.3) is 10.2 Å². The van der Waals surface area contributed by atoms with Gasteiger partial charge in [0.05, 0.1) is 29.4 Å². The van der Waals surface area contributed by atoms with Gasteiger partial charge < -0.3 is 19.5 Å². The Labute approximate surface area is 159 Å². The van der Waals surface area contributed by atoms with Crippen molar-refractivity contribution in [3.8, 4) is 11.5 Å². The van der Waals surface area contributed by atoms with Crippen molar-refractivity contribution >= 4 is 39.1 Å². The third-order valence-corrected chi connectivity index (χ3v) is 4.69. The number of nitrogens with one attached hydrogen (secondary N) is 1. The van der Waals surface area contributed by atoms with E-state index in [-0.39, 0.29) is 18.3 Å². The number of ether oxygens (including phenoxy) is 3. The lowest BCUT2D eigenvalue weighted by atomic mass is 10.1. The molecule has 0 saturated carbocycles. The van der Waals surface area contributed by atoms with Crippen LogP contribution in [0, 0.1) is 6.92 Å². The number of esters is 1. The highest BCUT2D eigenvalue weighted by Crippen LogP contribution is 2.29. The van der Waals surface area contributed by atoms with Crippen LogP contribution in [0.4, 0.5) is 5.69 Å². The van der Waals surface area contributed by atoms with Crippen molar-refractivity contribution in [3.63, 3.8) is 0 Å². The molecule has 0 bridgehead atoms. The van der Waals surface area contributed by atoms with Gasteiger partial charge in [-0.25, -0.2) is 9.78 Å². The van der Waals surface area contributed by atoms with Crippen molar-refractivity contribution in [2.24, 2.45) is 0 Å². The molecular formula is C19H18N2O5S. The molecule has 2 aromatic carbocycles. The largest absolute Gasteiger partial charge is 0.493 e. The van der Waals surface area contributed by atoms with E-state index in [9.17, 15) is 9.59 Å². The number of hydrogen-bond acceptors (Lipinski definition) is 7. The minimum absolute atomic E-state index is 0.278. The van der Waals surface area contributed by atoms with Crippen LogP contribution >= 0.6 is 11.3 Å². The van der Waals surface area contributed by atoms with Crippen LogP contribution < -0.4 is 14.8 Å². The third-order valence-electron chi connectivity index (χ3n) is 3.75. The van der Waals surface area contributed by atoms with Crippen molar-refractivity contribution in [2.75, 3.05) is 26.1 Å². The summed E-state index contributed by atoms with van der Waals surface area (Å²) < 4.78 is 16.1. The molecule has 0 unspecified atom stereocenters. The van der Waals surface area contributed by atoms with Crippen molar-refractivity contribution < 1.29 is 23.8 Å². The van der Waals surface area contributed by atoms with E-state index < -0.39 is 5.97 Å². The van der Waals surface area contributed by atoms with Gasteiger partial charge in [-0.1, -0.05) is 0 Å². The molecule has 1 heterocycles. The first-order valence-corrected chi connectivity index (χ1v) is 8.88. The molecule has 8 heteroatoms. The van der Waals surface area contributed by atoms with Gasteiger partial charge in [-0.15, -0.1) is 11.3 Å². The van der Waals surface area contributed by atoms with Crippen molar-refractivity contribution in [1.29, 1.82) is 0 Å². The summed E-state index contributed by atoms with van der Waals surface area (Å²) in [6, 6.07) is 10.3. The standard InChI is InChI=1S/C19H18N2O5S/c1-11-20-14-6-5-13(9-17(14)27-11)21-19(23)12-4-7-15(24-2)16(8-12)26-10-18(22)25-3/h4-9H,10H2,1-3H3,(H,21,23). The predicted molar refractivity (Wildman–Crippen MR) is 103 cm³/mol. The van der Waals surface area contributed by atoms with E-state index in [1.165, 1.54) is 20.3 Å². The number of aromatic nitrogens is 1. The average Bonchev–Trinajstić information content (AvgIpc) is 3.04. The van der Waals surface area contributed by atoms with Crippen LogP contribution in [-0.4, -0.2) is 37.7 Å². The SMILES string of the molecule is COC(=O)COc1cc(C(=O)Nc2ccc3nc(C)sc3c2)ccc1OC. The Bertz CT molecular complexity index is 999. The zero-order valence-electron chi connectivity index (χ0n) is 15.1. The van der Waals surface area contributed by atoms with E-state index in [1.807, 2.05) is 19.1 Å². The molecular weight excluding hydrogens is 368 g/mol. The molecule has 3 aromatic rings. The van der Waals surface area contributed by atoms with Crippen LogP contribution in [0.2, 0.25) is 0 Å². The number of amides is 1. The fourth-order valence-electron chi connectivity index (χ4n) is 2.45. The second-order valence-electron chi connectivity index (χ2n) is 5.60. The molecule has 1 N–H and O–H groups in total. The predicted octanol–water partition coefficient (Wildman–Crippen LogP) is 3.42. The first-order valence-electron chi connectivity index (χ1n) is 8.06. The van der Waals surface area contributed by atoms with Gasteiger partial charge in [0.15, 0.2) is 18.1 Å². The second-order valence-corrected chi connectivity index (χ2v) is 6.83. The maximum atomic E-state index is 12.6. The lowest BCUT2D eigenvalue weighted by Crippen LogP contribution is -2.15. The van der Waals surface area contributed by atoms with Crippen LogP contribution in [0.3, 0.4) is 0 Å². The Morgan fingerprint density at radius 2 is 1.93 bits per heavy atom. The maximum Gasteiger partial charge on any atom is 0.343 e. The van der Waals surface area contributed by atoms with Crippen LogP contribution in [0.15, 0.2) is 36.4 Å². The van der Waals surface area contributed by atoms with E-state index in [4.69, 9.17) is 9.47 Å². The number of thiazole rings is 1. The van der Waals surface area contributed by atoms with Gasteiger partial charge >= 0.3 is 5.97 Å². The van der Waals surface area contributed by atoms with E-state index in [0.29, 0.717) is 17.0 Å². The highest BCUT2D eigenvalue weighted by Gasteiger charge is 2.13. The minimum atomic E-state index is -0.528. The summed E-state index contributed by atoms with van der Waals surface area (Å²) in [6.45, 7) is 1.66. The van der Waals surface area contributed by atoms with Crippen molar-refractivity contribution in [2.45, 2.75) is 6.92 Å². The summed E-state index contributed by atoms with van der Waals surface area (Å²) in [7, 11) is 2.75. The number of nitrogens with zero attached hydrogens (tertiary/aromatic N) is 1. The van der Waals surface area contributed by atoms with Gasteiger partial charge in [0.25, 0.3) is 5.91 Å². The van der Waals surface area contributed by atoms with Crippen molar-refractivity contribution in [3.05, 3.63) is 47.0 Å². The molecule has 7 nitrogen and oxygen atoms in total. The highest BCUT2D eigenvalue weighted by molar-refractivity contribution is 7.18. The molecule has 0 aliphatic rings. The van der Waals surface area contributed by atoms with Gasteiger partial charge in [0, 0.05) is 11.3 Å². The number of carbonyl (C=O) groups is 2. The normalized spacial score (nSPS) is 10.5. The summed E-state index contributed by atoms with van der Waals surface area (Å²) in [5.41, 5.74) is 1.94. The van der Waals surface area contributed by atoms with Crippen LogP contribution in [-0.2, 0) is 9.53 Å². The van der Waals surface area contributed by atoms with Gasteiger partial charge in [0.2, 0.25) is 0 Å². The number of hydrogen-bond donors (Lipinski definition) is 1. The molecule has 0 saturated heterocycles. The quantitative estimate of drug-likeness (QED) is 0.653. The molecule has 1 aromatic heterocycles. The number of carbonyl (C=O) groups excluding carboxylic acids is 2. The monoisotopic (exact) mass is 386 g/mol. The van der Waals surface area contributed by atoms with E-state index in [0.717, 1.165) is 15.2 Å². The summed E-state index contributed by atoms with van der Waals surface area (Å²) in [5, 5.41) is 3.82. The fourth-order valence-corrected chi connectivity index (χ4v) is 3.31. The number of rotatable bonds is 6. The Kier molecular flexibility index (Phi) is 5.56. The average molecular weight is 386 g/mol. The highest BCUT2D eigenvalue weighted by atomic mass is 32.1. The van der Waals surface area contributed by atoms with Crippen molar-refractivity contribution in [1.82, 2.24) is 4.98 Å². The first-order chi connectivity index (χ1) is 13.0. The first kappa shape index (κ1) is 18.7. The molecule has 27 heavy (non-hydrogen) atoms. The molecule has 0 radical (unpaired) electrons. The zero-order valence-corrected chi connectivity index (χ0v) is 15.9. The van der Waals surface area contributed by atoms with Crippen LogP contribution in [0.5, 0.6) is 11.5 Å². The molecule has 0 spiro atoms. The fraction of sp³-hybridized carbons (Fsp3) is 0.211. The Balaban J connectivity index is 1.79. The Morgan fingerprint density at radius 1 is 1.11 bits per heavy atom. The maximum absolute atomic E-state index is 12.6. The smallest absolute Gasteiger partial charge is 0.343 e. The molecule has 1 amide bonds.